The standard InChI is InChI=1S/C13H22N2O.ClH/c16-13(12-10-2-1-3-11(10)12)15-7-5-9-4-6-14-8-9;/h9-12,14H,1-8H2,(H,15,16);1H. The number of hydrogen-bond acceptors (Lipinski definition) is 2. The lowest BCUT2D eigenvalue weighted by Gasteiger charge is -2.10. The van der Waals surface area contributed by atoms with Crippen LogP contribution in [0.2, 0.25) is 0 Å². The first kappa shape index (κ1) is 13.2. The average Bonchev–Trinajstić information content (AvgIpc) is 2.76. The Morgan fingerprint density at radius 3 is 2.65 bits per heavy atom. The normalized spacial score (nSPS) is 38.4. The van der Waals surface area contributed by atoms with Gasteiger partial charge < -0.3 is 10.6 Å². The number of amides is 1. The third-order valence-electron chi connectivity index (χ3n) is 4.72. The summed E-state index contributed by atoms with van der Waals surface area (Å²) in [6, 6.07) is 0. The molecular formula is C13H23ClN2O. The van der Waals surface area contributed by atoms with Gasteiger partial charge >= 0.3 is 0 Å². The van der Waals surface area contributed by atoms with Gasteiger partial charge in [0.1, 0.15) is 0 Å². The fourth-order valence-corrected chi connectivity index (χ4v) is 3.69. The van der Waals surface area contributed by atoms with Crippen molar-refractivity contribution >= 4 is 18.3 Å². The van der Waals surface area contributed by atoms with Crippen LogP contribution in [0, 0.1) is 23.7 Å². The lowest BCUT2D eigenvalue weighted by molar-refractivity contribution is -0.123. The highest BCUT2D eigenvalue weighted by Crippen LogP contribution is 2.57. The largest absolute Gasteiger partial charge is 0.356 e. The van der Waals surface area contributed by atoms with Gasteiger partial charge in [0, 0.05) is 12.5 Å². The van der Waals surface area contributed by atoms with Crippen molar-refractivity contribution in [2.75, 3.05) is 19.6 Å². The van der Waals surface area contributed by atoms with Gasteiger partial charge in [0.2, 0.25) is 5.91 Å². The van der Waals surface area contributed by atoms with E-state index in [1.54, 1.807) is 0 Å². The van der Waals surface area contributed by atoms with E-state index in [0.29, 0.717) is 11.8 Å². The molecular weight excluding hydrogens is 236 g/mol. The third-order valence-corrected chi connectivity index (χ3v) is 4.72. The molecule has 2 saturated carbocycles. The van der Waals surface area contributed by atoms with Crippen molar-refractivity contribution in [1.82, 2.24) is 10.6 Å². The number of rotatable bonds is 4. The van der Waals surface area contributed by atoms with E-state index in [1.165, 1.54) is 25.7 Å². The molecule has 0 aromatic heterocycles. The zero-order valence-electron chi connectivity index (χ0n) is 10.3. The smallest absolute Gasteiger partial charge is 0.223 e. The maximum Gasteiger partial charge on any atom is 0.223 e. The summed E-state index contributed by atoms with van der Waals surface area (Å²) >= 11 is 0. The van der Waals surface area contributed by atoms with Gasteiger partial charge in [-0.05, 0) is 56.5 Å². The molecule has 3 fully saturated rings. The van der Waals surface area contributed by atoms with Crippen molar-refractivity contribution in [3.05, 3.63) is 0 Å². The van der Waals surface area contributed by atoms with Crippen LogP contribution < -0.4 is 10.6 Å². The first-order chi connectivity index (χ1) is 7.86. The summed E-state index contributed by atoms with van der Waals surface area (Å²) in [7, 11) is 0. The summed E-state index contributed by atoms with van der Waals surface area (Å²) in [5.41, 5.74) is 0. The molecule has 0 bridgehead atoms. The maximum absolute atomic E-state index is 11.9. The Morgan fingerprint density at radius 2 is 2.00 bits per heavy atom. The Hall–Kier alpha value is -0.280. The van der Waals surface area contributed by atoms with Crippen LogP contribution in [0.1, 0.15) is 32.1 Å². The number of carbonyl (C=O) groups is 1. The van der Waals surface area contributed by atoms with Crippen LogP contribution >= 0.6 is 12.4 Å². The summed E-state index contributed by atoms with van der Waals surface area (Å²) < 4.78 is 0. The maximum atomic E-state index is 11.9. The van der Waals surface area contributed by atoms with E-state index >= 15 is 0 Å². The molecule has 0 radical (unpaired) electrons. The molecule has 17 heavy (non-hydrogen) atoms. The van der Waals surface area contributed by atoms with Crippen LogP contribution in [0.25, 0.3) is 0 Å². The molecule has 1 saturated heterocycles. The van der Waals surface area contributed by atoms with Crippen LogP contribution in [-0.2, 0) is 4.79 Å². The summed E-state index contributed by atoms with van der Waals surface area (Å²) in [5.74, 6) is 3.05. The van der Waals surface area contributed by atoms with E-state index in [-0.39, 0.29) is 12.4 Å². The van der Waals surface area contributed by atoms with Crippen molar-refractivity contribution in [2.24, 2.45) is 23.7 Å². The molecule has 2 N–H and O–H groups in total. The van der Waals surface area contributed by atoms with Gasteiger partial charge in [-0.2, -0.15) is 0 Å². The molecule has 3 nitrogen and oxygen atoms in total. The molecule has 0 spiro atoms. The number of carbonyl (C=O) groups excluding carboxylic acids is 1. The van der Waals surface area contributed by atoms with Gasteiger partial charge in [-0.25, -0.2) is 0 Å². The SMILES string of the molecule is Cl.O=C(NCCC1CCNC1)C1C2CCCC21. The average molecular weight is 259 g/mol. The van der Waals surface area contributed by atoms with Crippen LogP contribution in [0.15, 0.2) is 0 Å². The van der Waals surface area contributed by atoms with Crippen LogP contribution in [0.3, 0.4) is 0 Å². The second-order valence-corrected chi connectivity index (χ2v) is 5.72. The Kier molecular flexibility index (Phi) is 4.31. The minimum absolute atomic E-state index is 0. The molecule has 0 aromatic carbocycles. The zero-order chi connectivity index (χ0) is 11.0. The Bertz CT molecular complexity index is 269. The Morgan fingerprint density at radius 1 is 1.24 bits per heavy atom. The molecule has 1 aliphatic heterocycles. The number of fused-ring (bicyclic) bond motifs is 1. The number of hydrogen-bond donors (Lipinski definition) is 2. The van der Waals surface area contributed by atoms with Crippen molar-refractivity contribution in [1.29, 1.82) is 0 Å². The molecule has 4 heteroatoms. The summed E-state index contributed by atoms with van der Waals surface area (Å²) in [4.78, 5) is 11.9. The quantitative estimate of drug-likeness (QED) is 0.804. The Balaban J connectivity index is 0.00000108. The summed E-state index contributed by atoms with van der Waals surface area (Å²) in [6.07, 6.45) is 6.39. The van der Waals surface area contributed by atoms with Crippen LogP contribution in [0.4, 0.5) is 0 Å². The summed E-state index contributed by atoms with van der Waals surface area (Å²) in [5, 5.41) is 6.50. The van der Waals surface area contributed by atoms with E-state index in [1.807, 2.05) is 0 Å². The summed E-state index contributed by atoms with van der Waals surface area (Å²) in [6.45, 7) is 3.19. The molecule has 3 aliphatic rings. The predicted octanol–water partition coefficient (Wildman–Crippen LogP) is 1.57. The minimum Gasteiger partial charge on any atom is -0.356 e. The second-order valence-electron chi connectivity index (χ2n) is 5.72. The third kappa shape index (κ3) is 2.76. The Labute approximate surface area is 110 Å². The fraction of sp³-hybridized carbons (Fsp3) is 0.923. The highest BCUT2D eigenvalue weighted by atomic mass is 35.5. The van der Waals surface area contributed by atoms with Crippen molar-refractivity contribution in [2.45, 2.75) is 32.1 Å². The van der Waals surface area contributed by atoms with Gasteiger partial charge in [-0.3, -0.25) is 4.79 Å². The van der Waals surface area contributed by atoms with E-state index < -0.39 is 0 Å². The number of nitrogens with one attached hydrogen (secondary N) is 2. The monoisotopic (exact) mass is 258 g/mol. The van der Waals surface area contributed by atoms with Crippen LogP contribution in [-0.4, -0.2) is 25.5 Å². The molecule has 2 aliphatic carbocycles. The van der Waals surface area contributed by atoms with Gasteiger partial charge in [0.15, 0.2) is 0 Å². The van der Waals surface area contributed by atoms with E-state index in [9.17, 15) is 4.79 Å². The molecule has 3 rings (SSSR count). The lowest BCUT2D eigenvalue weighted by atomic mass is 10.1. The topological polar surface area (TPSA) is 41.1 Å². The molecule has 1 amide bonds. The fourth-order valence-electron chi connectivity index (χ4n) is 3.69. The van der Waals surface area contributed by atoms with Crippen molar-refractivity contribution in [3.8, 4) is 0 Å². The molecule has 0 aromatic rings. The molecule has 3 unspecified atom stereocenters. The van der Waals surface area contributed by atoms with Crippen molar-refractivity contribution in [3.63, 3.8) is 0 Å². The molecule has 1 heterocycles. The highest BCUT2D eigenvalue weighted by molar-refractivity contribution is 5.85. The van der Waals surface area contributed by atoms with Gasteiger partial charge in [-0.1, -0.05) is 6.42 Å². The van der Waals surface area contributed by atoms with Gasteiger partial charge in [0.05, 0.1) is 0 Å². The van der Waals surface area contributed by atoms with E-state index in [4.69, 9.17) is 0 Å². The van der Waals surface area contributed by atoms with Gasteiger partial charge in [-0.15, -0.1) is 12.4 Å². The van der Waals surface area contributed by atoms with Crippen molar-refractivity contribution < 1.29 is 4.79 Å². The predicted molar refractivity (Wildman–Crippen MR) is 70.2 cm³/mol. The second kappa shape index (κ2) is 5.57. The number of halogens is 1. The molecule has 3 atom stereocenters. The molecule has 98 valence electrons. The zero-order valence-corrected chi connectivity index (χ0v) is 11.1. The first-order valence-corrected chi connectivity index (χ1v) is 6.84. The lowest BCUT2D eigenvalue weighted by Crippen LogP contribution is -2.29. The van der Waals surface area contributed by atoms with Crippen LogP contribution in [0.5, 0.6) is 0 Å². The first-order valence-electron chi connectivity index (χ1n) is 6.84. The highest BCUT2D eigenvalue weighted by Gasteiger charge is 2.56. The minimum atomic E-state index is 0. The van der Waals surface area contributed by atoms with E-state index in [0.717, 1.165) is 43.8 Å². The van der Waals surface area contributed by atoms with E-state index in [2.05, 4.69) is 10.6 Å². The van der Waals surface area contributed by atoms with Gasteiger partial charge in [0.25, 0.3) is 0 Å².